The van der Waals surface area contributed by atoms with Gasteiger partial charge in [-0.05, 0) is 44.4 Å². The molecule has 2 aromatic heterocycles. The Labute approximate surface area is 193 Å². The number of fused-ring (bicyclic) bond motifs is 2. The molecule has 3 N–H and O–H groups in total. The third-order valence-corrected chi connectivity index (χ3v) is 6.75. The number of amides is 2. The summed E-state index contributed by atoms with van der Waals surface area (Å²) in [5.74, 6) is 0.920. The Hall–Kier alpha value is -3.55. The number of carbonyl (C=O) groups is 1. The summed E-state index contributed by atoms with van der Waals surface area (Å²) in [6.07, 6.45) is 3.71. The fraction of sp³-hybridized carbons (Fsp3) is 0.400. The Morgan fingerprint density at radius 1 is 1.24 bits per heavy atom. The number of nitrogens with zero attached hydrogens (tertiary/aromatic N) is 4. The Kier molecular flexibility index (Phi) is 5.44. The molecule has 172 valence electrons. The van der Waals surface area contributed by atoms with E-state index in [1.165, 1.54) is 11.3 Å². The van der Waals surface area contributed by atoms with Crippen LogP contribution in [0.25, 0.3) is 11.3 Å². The summed E-state index contributed by atoms with van der Waals surface area (Å²) in [6, 6.07) is 12.3. The number of benzene rings is 1. The van der Waals surface area contributed by atoms with E-state index < -0.39 is 0 Å². The first-order chi connectivity index (χ1) is 16.0. The highest BCUT2D eigenvalue weighted by Gasteiger charge is 2.46. The van der Waals surface area contributed by atoms with E-state index in [2.05, 4.69) is 40.1 Å². The number of anilines is 1. The lowest BCUT2D eigenvalue weighted by molar-refractivity contribution is 0.206. The van der Waals surface area contributed by atoms with E-state index in [4.69, 9.17) is 15.6 Å². The Morgan fingerprint density at radius 2 is 2.09 bits per heavy atom. The molecule has 2 amide bonds. The summed E-state index contributed by atoms with van der Waals surface area (Å²) >= 11 is 0. The van der Waals surface area contributed by atoms with E-state index in [-0.39, 0.29) is 11.4 Å². The fourth-order valence-corrected chi connectivity index (χ4v) is 5.00. The Bertz CT molecular complexity index is 1190. The van der Waals surface area contributed by atoms with Crippen LogP contribution in [0.4, 0.5) is 10.6 Å². The summed E-state index contributed by atoms with van der Waals surface area (Å²) in [4.78, 5) is 18.6. The highest BCUT2D eigenvalue weighted by molar-refractivity contribution is 5.75. The van der Waals surface area contributed by atoms with Gasteiger partial charge in [0.15, 0.2) is 11.6 Å². The molecule has 4 heterocycles. The molecule has 0 bridgehead atoms. The minimum Gasteiger partial charge on any atom is -0.485 e. The molecule has 1 unspecified atom stereocenters. The van der Waals surface area contributed by atoms with Crippen LogP contribution in [0.2, 0.25) is 0 Å². The van der Waals surface area contributed by atoms with Gasteiger partial charge in [-0.2, -0.15) is 5.10 Å². The standard InChI is InChI=1S/C25H30N6O2/c1-3-27-24(32)30-9-7-25(16-30)8-10-31-22(25)13-20(29-31)19-12-21(23(26)28-14-19)33-15-18-6-4-5-17(2)11-18/h4-6,11-14H,3,7-10,15-16H2,1-2H3,(H2,26,28)(H,27,32). The van der Waals surface area contributed by atoms with Crippen LogP contribution in [0.3, 0.4) is 0 Å². The van der Waals surface area contributed by atoms with Crippen molar-refractivity contribution >= 4 is 11.8 Å². The molecular weight excluding hydrogens is 416 g/mol. The highest BCUT2D eigenvalue weighted by atomic mass is 16.5. The molecule has 1 saturated heterocycles. The van der Waals surface area contributed by atoms with Crippen LogP contribution in [0.5, 0.6) is 5.75 Å². The second kappa shape index (κ2) is 8.42. The summed E-state index contributed by atoms with van der Waals surface area (Å²) in [6.45, 7) is 7.43. The number of aromatic nitrogens is 3. The van der Waals surface area contributed by atoms with Gasteiger partial charge >= 0.3 is 6.03 Å². The molecule has 8 heteroatoms. The average molecular weight is 447 g/mol. The number of carbonyl (C=O) groups excluding carboxylic acids is 1. The number of nitrogens with two attached hydrogens (primary N) is 1. The molecule has 8 nitrogen and oxygen atoms in total. The average Bonchev–Trinajstić information content (AvgIpc) is 3.50. The van der Waals surface area contributed by atoms with E-state index in [0.717, 1.165) is 49.3 Å². The smallest absolute Gasteiger partial charge is 0.317 e. The molecule has 33 heavy (non-hydrogen) atoms. The number of ether oxygens (including phenoxy) is 1. The second-order valence-corrected chi connectivity index (χ2v) is 9.06. The monoisotopic (exact) mass is 446 g/mol. The minimum atomic E-state index is -0.0257. The maximum atomic E-state index is 12.3. The molecule has 0 saturated carbocycles. The number of rotatable bonds is 5. The first kappa shape index (κ1) is 21.3. The van der Waals surface area contributed by atoms with Crippen molar-refractivity contribution in [1.82, 2.24) is 25.0 Å². The third kappa shape index (κ3) is 4.01. The number of pyridine rings is 1. The topological polar surface area (TPSA) is 98.3 Å². The predicted molar refractivity (Wildman–Crippen MR) is 127 cm³/mol. The van der Waals surface area contributed by atoms with Gasteiger partial charge in [-0.25, -0.2) is 9.78 Å². The van der Waals surface area contributed by atoms with Crippen molar-refractivity contribution in [1.29, 1.82) is 0 Å². The predicted octanol–water partition coefficient (Wildman–Crippen LogP) is 3.49. The number of hydrogen-bond acceptors (Lipinski definition) is 5. The Morgan fingerprint density at radius 3 is 2.91 bits per heavy atom. The van der Waals surface area contributed by atoms with Crippen molar-refractivity contribution in [2.45, 2.75) is 45.3 Å². The van der Waals surface area contributed by atoms with Gasteiger partial charge in [-0.15, -0.1) is 0 Å². The van der Waals surface area contributed by atoms with Crippen molar-refractivity contribution in [2.24, 2.45) is 0 Å². The lowest BCUT2D eigenvalue weighted by Crippen LogP contribution is -2.40. The van der Waals surface area contributed by atoms with E-state index >= 15 is 0 Å². The lowest BCUT2D eigenvalue weighted by atomic mass is 9.82. The molecule has 1 fully saturated rings. The van der Waals surface area contributed by atoms with Gasteiger partial charge in [0, 0.05) is 49.0 Å². The molecule has 1 atom stereocenters. The van der Waals surface area contributed by atoms with Crippen LogP contribution < -0.4 is 15.8 Å². The van der Waals surface area contributed by atoms with Crippen LogP contribution in [-0.4, -0.2) is 45.3 Å². The normalized spacial score (nSPS) is 19.2. The van der Waals surface area contributed by atoms with Crippen molar-refractivity contribution in [3.63, 3.8) is 0 Å². The molecule has 2 aliphatic rings. The molecular formula is C25H30N6O2. The van der Waals surface area contributed by atoms with Gasteiger partial charge in [-0.1, -0.05) is 29.8 Å². The third-order valence-electron chi connectivity index (χ3n) is 6.75. The zero-order valence-corrected chi connectivity index (χ0v) is 19.2. The van der Waals surface area contributed by atoms with Gasteiger partial charge in [-0.3, -0.25) is 4.68 Å². The SMILES string of the molecule is CCNC(=O)N1CCC2(CCn3nc(-c4cnc(N)c(OCc5cccc(C)c5)c4)cc32)C1. The van der Waals surface area contributed by atoms with E-state index in [1.807, 2.05) is 30.0 Å². The van der Waals surface area contributed by atoms with Crippen molar-refractivity contribution < 1.29 is 9.53 Å². The highest BCUT2D eigenvalue weighted by Crippen LogP contribution is 2.44. The molecule has 0 aliphatic carbocycles. The van der Waals surface area contributed by atoms with Gasteiger partial charge in [0.2, 0.25) is 0 Å². The van der Waals surface area contributed by atoms with Crippen LogP contribution in [0.1, 0.15) is 36.6 Å². The maximum Gasteiger partial charge on any atom is 0.317 e. The van der Waals surface area contributed by atoms with Gasteiger partial charge in [0.05, 0.1) is 5.69 Å². The number of nitrogen functional groups attached to an aromatic ring is 1. The number of likely N-dealkylation sites (tertiary alicyclic amines) is 1. The first-order valence-electron chi connectivity index (χ1n) is 11.5. The van der Waals surface area contributed by atoms with Crippen LogP contribution in [-0.2, 0) is 18.6 Å². The minimum absolute atomic E-state index is 0.0192. The van der Waals surface area contributed by atoms with Crippen molar-refractivity contribution in [2.75, 3.05) is 25.4 Å². The zero-order chi connectivity index (χ0) is 23.0. The molecule has 0 radical (unpaired) electrons. The molecule has 2 aliphatic heterocycles. The maximum absolute atomic E-state index is 12.3. The van der Waals surface area contributed by atoms with Crippen LogP contribution >= 0.6 is 0 Å². The van der Waals surface area contributed by atoms with E-state index in [1.54, 1.807) is 6.20 Å². The molecule has 5 rings (SSSR count). The van der Waals surface area contributed by atoms with Crippen molar-refractivity contribution in [3.05, 3.63) is 59.4 Å². The summed E-state index contributed by atoms with van der Waals surface area (Å²) in [5, 5.41) is 7.77. The second-order valence-electron chi connectivity index (χ2n) is 9.06. The first-order valence-corrected chi connectivity index (χ1v) is 11.5. The molecule has 3 aromatic rings. The van der Waals surface area contributed by atoms with Crippen molar-refractivity contribution in [3.8, 4) is 17.0 Å². The van der Waals surface area contributed by atoms with Gasteiger partial charge in [0.1, 0.15) is 6.61 Å². The number of nitrogens with one attached hydrogen (secondary N) is 1. The summed E-state index contributed by atoms with van der Waals surface area (Å²) in [7, 11) is 0. The van der Waals surface area contributed by atoms with Crippen LogP contribution in [0, 0.1) is 6.92 Å². The van der Waals surface area contributed by atoms with E-state index in [9.17, 15) is 4.79 Å². The number of hydrogen-bond donors (Lipinski definition) is 2. The Balaban J connectivity index is 1.36. The zero-order valence-electron chi connectivity index (χ0n) is 19.2. The van der Waals surface area contributed by atoms with Gasteiger partial charge < -0.3 is 20.7 Å². The number of urea groups is 1. The lowest BCUT2D eigenvalue weighted by Gasteiger charge is -2.23. The summed E-state index contributed by atoms with van der Waals surface area (Å²) < 4.78 is 8.08. The fourth-order valence-electron chi connectivity index (χ4n) is 5.00. The molecule has 1 aromatic carbocycles. The van der Waals surface area contributed by atoms with Gasteiger partial charge in [0.25, 0.3) is 0 Å². The largest absolute Gasteiger partial charge is 0.485 e. The molecule has 1 spiro atoms. The van der Waals surface area contributed by atoms with Crippen LogP contribution in [0.15, 0.2) is 42.6 Å². The van der Waals surface area contributed by atoms with E-state index in [0.29, 0.717) is 24.7 Å². The quantitative estimate of drug-likeness (QED) is 0.625. The number of aryl methyl sites for hydroxylation is 2. The summed E-state index contributed by atoms with van der Waals surface area (Å²) in [5.41, 5.74) is 11.3.